The SMILES string of the molecule is O=C(O)Cc1csc(C=Cc2ccccc2)n1. The van der Waals surface area contributed by atoms with E-state index in [-0.39, 0.29) is 6.42 Å². The topological polar surface area (TPSA) is 50.2 Å². The largest absolute Gasteiger partial charge is 0.481 e. The number of rotatable bonds is 4. The molecule has 0 aliphatic carbocycles. The van der Waals surface area contributed by atoms with Gasteiger partial charge in [-0.25, -0.2) is 4.98 Å². The number of benzene rings is 1. The van der Waals surface area contributed by atoms with Crippen LogP contribution in [0.15, 0.2) is 35.7 Å². The molecule has 1 aromatic heterocycles. The number of carbonyl (C=O) groups is 1. The fraction of sp³-hybridized carbons (Fsp3) is 0.0769. The van der Waals surface area contributed by atoms with Gasteiger partial charge in [0.25, 0.3) is 0 Å². The lowest BCUT2D eigenvalue weighted by atomic mass is 10.2. The van der Waals surface area contributed by atoms with E-state index in [2.05, 4.69) is 4.98 Å². The van der Waals surface area contributed by atoms with E-state index in [1.165, 1.54) is 11.3 Å². The minimum Gasteiger partial charge on any atom is -0.481 e. The van der Waals surface area contributed by atoms with Crippen molar-refractivity contribution >= 4 is 29.5 Å². The van der Waals surface area contributed by atoms with Crippen molar-refractivity contribution in [1.29, 1.82) is 0 Å². The monoisotopic (exact) mass is 245 g/mol. The van der Waals surface area contributed by atoms with Gasteiger partial charge in [0.1, 0.15) is 5.01 Å². The first-order valence-corrected chi connectivity index (χ1v) is 6.01. The lowest BCUT2D eigenvalue weighted by molar-refractivity contribution is -0.136. The number of hydrogen-bond acceptors (Lipinski definition) is 3. The van der Waals surface area contributed by atoms with Crippen LogP contribution in [0.5, 0.6) is 0 Å². The fourth-order valence-electron chi connectivity index (χ4n) is 1.37. The molecule has 0 spiro atoms. The van der Waals surface area contributed by atoms with Gasteiger partial charge in [-0.2, -0.15) is 0 Å². The molecule has 3 nitrogen and oxygen atoms in total. The molecule has 1 heterocycles. The minimum atomic E-state index is -0.853. The summed E-state index contributed by atoms with van der Waals surface area (Å²) in [7, 11) is 0. The third kappa shape index (κ3) is 3.53. The molecule has 0 aliphatic rings. The second-order valence-corrected chi connectivity index (χ2v) is 4.38. The molecular weight excluding hydrogens is 234 g/mol. The second kappa shape index (κ2) is 5.41. The Balaban J connectivity index is 2.06. The van der Waals surface area contributed by atoms with Crippen LogP contribution in [0.25, 0.3) is 12.2 Å². The van der Waals surface area contributed by atoms with Gasteiger partial charge in [0.15, 0.2) is 0 Å². The molecule has 0 atom stereocenters. The van der Waals surface area contributed by atoms with Gasteiger partial charge in [-0.1, -0.05) is 36.4 Å². The Bertz CT molecular complexity index is 531. The molecule has 86 valence electrons. The average Bonchev–Trinajstić information content (AvgIpc) is 2.75. The summed E-state index contributed by atoms with van der Waals surface area (Å²) in [6.07, 6.45) is 3.84. The number of carboxylic acids is 1. The van der Waals surface area contributed by atoms with Gasteiger partial charge in [-0.15, -0.1) is 11.3 Å². The number of aromatic nitrogens is 1. The molecule has 1 aromatic carbocycles. The first kappa shape index (κ1) is 11.5. The van der Waals surface area contributed by atoms with Gasteiger partial charge in [0, 0.05) is 5.38 Å². The molecule has 0 amide bonds. The summed E-state index contributed by atoms with van der Waals surface area (Å²) in [6, 6.07) is 9.91. The molecule has 0 bridgehead atoms. The van der Waals surface area contributed by atoms with E-state index in [0.29, 0.717) is 5.69 Å². The van der Waals surface area contributed by atoms with Crippen LogP contribution in [-0.4, -0.2) is 16.1 Å². The molecule has 0 unspecified atom stereocenters. The van der Waals surface area contributed by atoms with Crippen molar-refractivity contribution in [2.24, 2.45) is 0 Å². The summed E-state index contributed by atoms with van der Waals surface area (Å²) in [5.74, 6) is -0.853. The van der Waals surface area contributed by atoms with E-state index in [1.54, 1.807) is 5.38 Å². The molecule has 2 aromatic rings. The number of aliphatic carboxylic acids is 1. The summed E-state index contributed by atoms with van der Waals surface area (Å²) >= 11 is 1.45. The fourth-order valence-corrected chi connectivity index (χ4v) is 2.08. The molecule has 2 rings (SSSR count). The van der Waals surface area contributed by atoms with Crippen molar-refractivity contribution in [3.8, 4) is 0 Å². The molecule has 17 heavy (non-hydrogen) atoms. The lowest BCUT2D eigenvalue weighted by Gasteiger charge is -1.90. The Morgan fingerprint density at radius 1 is 1.29 bits per heavy atom. The maximum absolute atomic E-state index is 10.5. The molecule has 0 aliphatic heterocycles. The standard InChI is InChI=1S/C13H11NO2S/c15-13(16)8-11-9-17-12(14-11)7-6-10-4-2-1-3-5-10/h1-7,9H,8H2,(H,15,16). The number of hydrogen-bond donors (Lipinski definition) is 1. The molecule has 0 radical (unpaired) electrons. The van der Waals surface area contributed by atoms with Crippen molar-refractivity contribution in [3.63, 3.8) is 0 Å². The van der Waals surface area contributed by atoms with Crippen molar-refractivity contribution in [3.05, 3.63) is 52.0 Å². The van der Waals surface area contributed by atoms with Gasteiger partial charge in [-0.05, 0) is 11.6 Å². The zero-order valence-electron chi connectivity index (χ0n) is 9.04. The summed E-state index contributed by atoms with van der Waals surface area (Å²) in [6.45, 7) is 0. The van der Waals surface area contributed by atoms with Crippen LogP contribution in [0.1, 0.15) is 16.3 Å². The Hall–Kier alpha value is -1.94. The normalized spacial score (nSPS) is 10.8. The third-order valence-electron chi connectivity index (χ3n) is 2.12. The lowest BCUT2D eigenvalue weighted by Crippen LogP contribution is -1.99. The summed E-state index contributed by atoms with van der Waals surface area (Å²) in [4.78, 5) is 14.7. The summed E-state index contributed by atoms with van der Waals surface area (Å²) in [5.41, 5.74) is 1.71. The minimum absolute atomic E-state index is 0.0182. The highest BCUT2D eigenvalue weighted by Gasteiger charge is 2.03. The smallest absolute Gasteiger partial charge is 0.309 e. The molecule has 4 heteroatoms. The van der Waals surface area contributed by atoms with Crippen LogP contribution >= 0.6 is 11.3 Å². The Labute approximate surface area is 103 Å². The predicted octanol–water partition coefficient (Wildman–Crippen LogP) is 2.94. The van der Waals surface area contributed by atoms with E-state index in [1.807, 2.05) is 42.5 Å². The van der Waals surface area contributed by atoms with Crippen molar-refractivity contribution in [2.45, 2.75) is 6.42 Å². The van der Waals surface area contributed by atoms with E-state index < -0.39 is 5.97 Å². The van der Waals surface area contributed by atoms with Gasteiger partial charge in [0.2, 0.25) is 0 Å². The van der Waals surface area contributed by atoms with E-state index in [4.69, 9.17) is 5.11 Å². The van der Waals surface area contributed by atoms with Crippen LogP contribution in [0.2, 0.25) is 0 Å². The van der Waals surface area contributed by atoms with Crippen LogP contribution < -0.4 is 0 Å². The maximum atomic E-state index is 10.5. The van der Waals surface area contributed by atoms with Crippen LogP contribution in [-0.2, 0) is 11.2 Å². The number of carboxylic acid groups (broad SMARTS) is 1. The predicted molar refractivity (Wildman–Crippen MR) is 68.8 cm³/mol. The zero-order valence-corrected chi connectivity index (χ0v) is 9.85. The van der Waals surface area contributed by atoms with Crippen LogP contribution in [0.4, 0.5) is 0 Å². The number of thiazole rings is 1. The highest BCUT2D eigenvalue weighted by atomic mass is 32.1. The van der Waals surface area contributed by atoms with Gasteiger partial charge < -0.3 is 5.11 Å². The van der Waals surface area contributed by atoms with E-state index in [9.17, 15) is 4.79 Å². The van der Waals surface area contributed by atoms with Crippen molar-refractivity contribution < 1.29 is 9.90 Å². The van der Waals surface area contributed by atoms with Crippen molar-refractivity contribution in [1.82, 2.24) is 4.98 Å². The summed E-state index contributed by atoms with van der Waals surface area (Å²) < 4.78 is 0. The quantitative estimate of drug-likeness (QED) is 0.901. The van der Waals surface area contributed by atoms with E-state index in [0.717, 1.165) is 10.6 Å². The Morgan fingerprint density at radius 2 is 2.06 bits per heavy atom. The molecule has 0 saturated heterocycles. The van der Waals surface area contributed by atoms with E-state index >= 15 is 0 Å². The second-order valence-electron chi connectivity index (χ2n) is 3.49. The average molecular weight is 245 g/mol. The van der Waals surface area contributed by atoms with Crippen LogP contribution in [0, 0.1) is 0 Å². The van der Waals surface area contributed by atoms with Gasteiger partial charge in [0.05, 0.1) is 12.1 Å². The highest BCUT2D eigenvalue weighted by molar-refractivity contribution is 7.10. The van der Waals surface area contributed by atoms with Gasteiger partial charge >= 0.3 is 5.97 Å². The molecule has 0 fully saturated rings. The number of nitrogens with zero attached hydrogens (tertiary/aromatic N) is 1. The maximum Gasteiger partial charge on any atom is 0.309 e. The molecule has 0 saturated carbocycles. The Kier molecular flexibility index (Phi) is 3.67. The first-order valence-electron chi connectivity index (χ1n) is 5.13. The highest BCUT2D eigenvalue weighted by Crippen LogP contribution is 2.14. The molecule has 1 N–H and O–H groups in total. The van der Waals surface area contributed by atoms with Crippen molar-refractivity contribution in [2.75, 3.05) is 0 Å². The zero-order chi connectivity index (χ0) is 12.1. The molecular formula is C13H11NO2S. The Morgan fingerprint density at radius 3 is 2.76 bits per heavy atom. The van der Waals surface area contributed by atoms with Gasteiger partial charge in [-0.3, -0.25) is 4.79 Å². The first-order chi connectivity index (χ1) is 8.24. The van der Waals surface area contributed by atoms with Crippen LogP contribution in [0.3, 0.4) is 0 Å². The summed E-state index contributed by atoms with van der Waals surface area (Å²) in [5, 5.41) is 11.2. The third-order valence-corrected chi connectivity index (χ3v) is 2.98.